The van der Waals surface area contributed by atoms with Crippen molar-refractivity contribution in [2.24, 2.45) is 5.92 Å². The van der Waals surface area contributed by atoms with Crippen LogP contribution >= 0.6 is 0 Å². The molecule has 3 unspecified atom stereocenters. The number of hydrogen-bond acceptors (Lipinski definition) is 2. The number of hydrogen-bond donors (Lipinski definition) is 1. The lowest BCUT2D eigenvalue weighted by molar-refractivity contribution is -0.130. The van der Waals surface area contributed by atoms with E-state index in [4.69, 9.17) is 5.11 Å². The van der Waals surface area contributed by atoms with Crippen molar-refractivity contribution in [3.63, 3.8) is 0 Å². The Morgan fingerprint density at radius 1 is 1.58 bits per heavy atom. The maximum absolute atomic E-state index is 11.2. The number of aliphatic hydroxyl groups is 1. The summed E-state index contributed by atoms with van der Waals surface area (Å²) in [5.74, 6) is 0.533. The number of carbonyl (C=O) groups is 1. The van der Waals surface area contributed by atoms with Crippen molar-refractivity contribution in [1.82, 2.24) is 4.90 Å². The van der Waals surface area contributed by atoms with Gasteiger partial charge in [-0.1, -0.05) is 0 Å². The zero-order valence-corrected chi connectivity index (χ0v) is 7.36. The van der Waals surface area contributed by atoms with Crippen LogP contribution in [0.15, 0.2) is 0 Å². The summed E-state index contributed by atoms with van der Waals surface area (Å²) in [6, 6.07) is 0.780. The molecule has 2 saturated heterocycles. The van der Waals surface area contributed by atoms with Crippen LogP contribution in [-0.4, -0.2) is 34.6 Å². The van der Waals surface area contributed by atoms with Crippen molar-refractivity contribution in [1.29, 1.82) is 0 Å². The number of fused-ring (bicyclic) bond motifs is 2. The van der Waals surface area contributed by atoms with Gasteiger partial charge in [0, 0.05) is 31.5 Å². The maximum atomic E-state index is 11.2. The van der Waals surface area contributed by atoms with Crippen molar-refractivity contribution < 1.29 is 9.90 Å². The predicted octanol–water partition coefficient (Wildman–Crippen LogP) is 0.378. The third-order valence-electron chi connectivity index (χ3n) is 3.26. The first-order valence-corrected chi connectivity index (χ1v) is 4.63. The minimum atomic E-state index is 0.179. The first-order valence-electron chi connectivity index (χ1n) is 4.63. The van der Waals surface area contributed by atoms with E-state index < -0.39 is 0 Å². The van der Waals surface area contributed by atoms with E-state index in [0.29, 0.717) is 18.0 Å². The van der Waals surface area contributed by atoms with E-state index in [1.807, 2.05) is 4.90 Å². The topological polar surface area (TPSA) is 40.5 Å². The highest BCUT2D eigenvalue weighted by atomic mass is 16.3. The Bertz CT molecular complexity index is 205. The molecule has 68 valence electrons. The number of amides is 1. The molecule has 2 aliphatic heterocycles. The highest BCUT2D eigenvalue weighted by Crippen LogP contribution is 2.41. The van der Waals surface area contributed by atoms with Gasteiger partial charge in [0.05, 0.1) is 0 Å². The van der Waals surface area contributed by atoms with Crippen LogP contribution in [0.25, 0.3) is 0 Å². The lowest BCUT2D eigenvalue weighted by Gasteiger charge is -2.21. The molecule has 12 heavy (non-hydrogen) atoms. The van der Waals surface area contributed by atoms with E-state index >= 15 is 0 Å². The van der Waals surface area contributed by atoms with E-state index in [-0.39, 0.29) is 12.5 Å². The molecular weight excluding hydrogens is 154 g/mol. The largest absolute Gasteiger partial charge is 0.396 e. The van der Waals surface area contributed by atoms with Crippen molar-refractivity contribution in [2.75, 3.05) is 6.61 Å². The second kappa shape index (κ2) is 2.73. The summed E-state index contributed by atoms with van der Waals surface area (Å²) in [7, 11) is 0. The molecule has 0 saturated carbocycles. The molecule has 2 aliphatic rings. The van der Waals surface area contributed by atoms with Crippen LogP contribution in [0, 0.1) is 5.92 Å². The van der Waals surface area contributed by atoms with Crippen LogP contribution in [0.1, 0.15) is 26.2 Å². The maximum Gasteiger partial charge on any atom is 0.219 e. The second-order valence-electron chi connectivity index (χ2n) is 3.90. The van der Waals surface area contributed by atoms with E-state index in [0.717, 1.165) is 19.3 Å². The average molecular weight is 169 g/mol. The fraction of sp³-hybridized carbons (Fsp3) is 0.889. The molecule has 1 N–H and O–H groups in total. The zero-order chi connectivity index (χ0) is 8.72. The molecule has 2 fully saturated rings. The molecule has 0 spiro atoms. The second-order valence-corrected chi connectivity index (χ2v) is 3.90. The normalized spacial score (nSPS) is 39.2. The first kappa shape index (κ1) is 8.05. The lowest BCUT2D eigenvalue weighted by atomic mass is 9.90. The minimum absolute atomic E-state index is 0.179. The third kappa shape index (κ3) is 0.959. The van der Waals surface area contributed by atoms with Crippen LogP contribution in [0.2, 0.25) is 0 Å². The van der Waals surface area contributed by atoms with Crippen LogP contribution in [-0.2, 0) is 4.79 Å². The van der Waals surface area contributed by atoms with Gasteiger partial charge in [-0.25, -0.2) is 0 Å². The molecule has 0 radical (unpaired) electrons. The van der Waals surface area contributed by atoms with Crippen molar-refractivity contribution in [2.45, 2.75) is 38.3 Å². The van der Waals surface area contributed by atoms with Crippen LogP contribution in [0.5, 0.6) is 0 Å². The van der Waals surface area contributed by atoms with Gasteiger partial charge in [0.2, 0.25) is 5.91 Å². The molecule has 0 aromatic carbocycles. The first-order chi connectivity index (χ1) is 5.74. The summed E-state index contributed by atoms with van der Waals surface area (Å²) in [6.07, 6.45) is 3.25. The van der Waals surface area contributed by atoms with Gasteiger partial charge in [-0.15, -0.1) is 0 Å². The van der Waals surface area contributed by atoms with Gasteiger partial charge < -0.3 is 10.0 Å². The van der Waals surface area contributed by atoms with Gasteiger partial charge in [0.15, 0.2) is 0 Å². The summed E-state index contributed by atoms with van der Waals surface area (Å²) in [4.78, 5) is 13.2. The molecule has 3 nitrogen and oxygen atoms in total. The van der Waals surface area contributed by atoms with Crippen molar-refractivity contribution >= 4 is 5.91 Å². The lowest BCUT2D eigenvalue weighted by Crippen LogP contribution is -2.35. The van der Waals surface area contributed by atoms with Gasteiger partial charge in [0.25, 0.3) is 0 Å². The summed E-state index contributed by atoms with van der Waals surface area (Å²) in [5, 5.41) is 9.05. The number of carbonyl (C=O) groups excluding carboxylic acids is 1. The van der Waals surface area contributed by atoms with Gasteiger partial charge in [-0.05, 0) is 19.3 Å². The third-order valence-corrected chi connectivity index (χ3v) is 3.26. The van der Waals surface area contributed by atoms with Crippen LogP contribution < -0.4 is 0 Å². The van der Waals surface area contributed by atoms with E-state index in [9.17, 15) is 4.79 Å². The molecule has 2 heterocycles. The molecule has 0 aromatic heterocycles. The van der Waals surface area contributed by atoms with E-state index in [1.165, 1.54) is 0 Å². The van der Waals surface area contributed by atoms with Gasteiger partial charge in [-0.3, -0.25) is 4.79 Å². The standard InChI is InChI=1S/C9H15NO2/c1-6(12)10-8-2-3-9(10)7(4-8)5-11/h7-9,11H,2-5H2,1H3. The summed E-state index contributed by atoms with van der Waals surface area (Å²) >= 11 is 0. The van der Waals surface area contributed by atoms with Gasteiger partial charge in [0.1, 0.15) is 0 Å². The predicted molar refractivity (Wildman–Crippen MR) is 44.5 cm³/mol. The quantitative estimate of drug-likeness (QED) is 0.616. The molecule has 2 bridgehead atoms. The molecule has 0 aliphatic carbocycles. The minimum Gasteiger partial charge on any atom is -0.396 e. The molecular formula is C9H15NO2. The fourth-order valence-corrected chi connectivity index (χ4v) is 2.80. The Morgan fingerprint density at radius 2 is 2.33 bits per heavy atom. The highest BCUT2D eigenvalue weighted by Gasteiger charge is 2.46. The summed E-state index contributed by atoms with van der Waals surface area (Å²) in [5.41, 5.74) is 0. The van der Waals surface area contributed by atoms with Crippen molar-refractivity contribution in [3.05, 3.63) is 0 Å². The SMILES string of the molecule is CC(=O)N1C2CCC1C(CO)C2. The van der Waals surface area contributed by atoms with E-state index in [1.54, 1.807) is 6.92 Å². The van der Waals surface area contributed by atoms with Crippen LogP contribution in [0.4, 0.5) is 0 Å². The summed E-state index contributed by atoms with van der Waals surface area (Å²) in [6.45, 7) is 1.87. The zero-order valence-electron chi connectivity index (χ0n) is 7.36. The summed E-state index contributed by atoms with van der Waals surface area (Å²) < 4.78 is 0. The molecule has 0 aromatic rings. The Hall–Kier alpha value is -0.570. The van der Waals surface area contributed by atoms with Gasteiger partial charge >= 0.3 is 0 Å². The molecule has 3 atom stereocenters. The number of aliphatic hydroxyl groups excluding tert-OH is 1. The smallest absolute Gasteiger partial charge is 0.219 e. The fourth-order valence-electron chi connectivity index (χ4n) is 2.80. The van der Waals surface area contributed by atoms with E-state index in [2.05, 4.69) is 0 Å². The number of nitrogens with zero attached hydrogens (tertiary/aromatic N) is 1. The molecule has 3 heteroatoms. The Balaban J connectivity index is 2.14. The highest BCUT2D eigenvalue weighted by molar-refractivity contribution is 5.74. The van der Waals surface area contributed by atoms with Crippen LogP contribution in [0.3, 0.4) is 0 Å². The number of rotatable bonds is 1. The average Bonchev–Trinajstić information content (AvgIpc) is 2.59. The Kier molecular flexibility index (Phi) is 1.83. The van der Waals surface area contributed by atoms with Gasteiger partial charge in [-0.2, -0.15) is 0 Å². The Labute approximate surface area is 72.4 Å². The Morgan fingerprint density at radius 3 is 2.75 bits per heavy atom. The van der Waals surface area contributed by atoms with Crippen molar-refractivity contribution in [3.8, 4) is 0 Å². The molecule has 1 amide bonds. The molecule has 2 rings (SSSR count). The monoisotopic (exact) mass is 169 g/mol.